The second-order valence-electron chi connectivity index (χ2n) is 7.50. The molecule has 0 saturated carbocycles. The molecule has 0 spiro atoms. The van der Waals surface area contributed by atoms with Crippen molar-refractivity contribution in [3.8, 4) is 0 Å². The summed E-state index contributed by atoms with van der Waals surface area (Å²) in [6, 6.07) is 0.362. The van der Waals surface area contributed by atoms with E-state index >= 15 is 0 Å². The molecule has 0 aromatic carbocycles. The second-order valence-corrected chi connectivity index (χ2v) is 7.50. The first-order chi connectivity index (χ1) is 13.8. The fourth-order valence-electron chi connectivity index (χ4n) is 4.17. The summed E-state index contributed by atoms with van der Waals surface area (Å²) in [4.78, 5) is 27.7. The number of fused-ring (bicyclic) bond motifs is 1. The van der Waals surface area contributed by atoms with Gasteiger partial charge in [-0.05, 0) is 38.7 Å². The number of halogens is 3. The number of nitrogens with zero attached hydrogens (tertiary/aromatic N) is 6. The normalized spacial score (nSPS) is 19.6. The van der Waals surface area contributed by atoms with Crippen LogP contribution in [0.15, 0.2) is 10.9 Å². The Bertz CT molecular complexity index is 967. The van der Waals surface area contributed by atoms with E-state index in [9.17, 15) is 22.8 Å². The van der Waals surface area contributed by atoms with Crippen LogP contribution in [0.1, 0.15) is 55.9 Å². The maximum Gasteiger partial charge on any atom is 0.435 e. The topological polar surface area (TPSA) is 78.0 Å². The lowest BCUT2D eigenvalue weighted by molar-refractivity contribution is -0.141. The highest BCUT2D eigenvalue weighted by Gasteiger charge is 2.36. The third-order valence-electron chi connectivity index (χ3n) is 5.60. The van der Waals surface area contributed by atoms with Gasteiger partial charge in [-0.2, -0.15) is 23.4 Å². The lowest BCUT2D eigenvalue weighted by atomic mass is 10.0. The van der Waals surface area contributed by atoms with Crippen molar-refractivity contribution in [2.24, 2.45) is 0 Å². The Hall–Kier alpha value is -2.59. The number of aryl methyl sites for hydroxylation is 2. The number of alkyl halides is 3. The summed E-state index contributed by atoms with van der Waals surface area (Å²) in [7, 11) is 0. The van der Waals surface area contributed by atoms with Crippen LogP contribution in [0.2, 0.25) is 0 Å². The third kappa shape index (κ3) is 3.58. The number of rotatable bonds is 4. The highest BCUT2D eigenvalue weighted by Crippen LogP contribution is 2.29. The quantitative estimate of drug-likeness (QED) is 0.768. The van der Waals surface area contributed by atoms with Crippen LogP contribution in [-0.4, -0.2) is 48.0 Å². The Kier molecular flexibility index (Phi) is 4.99. The number of carbonyl (C=O) groups excluding carboxylic acids is 1. The molecule has 158 valence electrons. The molecule has 4 rings (SSSR count). The van der Waals surface area contributed by atoms with E-state index in [2.05, 4.69) is 10.2 Å². The highest BCUT2D eigenvalue weighted by atomic mass is 19.4. The molecule has 0 aliphatic carbocycles. The van der Waals surface area contributed by atoms with Crippen molar-refractivity contribution in [1.82, 2.24) is 29.0 Å². The molecule has 1 atom stereocenters. The van der Waals surface area contributed by atoms with Crippen LogP contribution >= 0.6 is 0 Å². The molecule has 0 N–H and O–H groups in total. The SMILES string of the molecule is CCn1nc(C(F)(F)F)cc1Cn1nc2n(c1=O)C(C(=O)N1CCCC1)CCC2. The number of amides is 1. The molecule has 4 heterocycles. The summed E-state index contributed by atoms with van der Waals surface area (Å²) in [5.74, 6) is 0.445. The van der Waals surface area contributed by atoms with Crippen LogP contribution < -0.4 is 5.69 Å². The molecule has 0 radical (unpaired) electrons. The molecule has 1 saturated heterocycles. The molecule has 2 aromatic rings. The van der Waals surface area contributed by atoms with E-state index in [1.165, 1.54) is 9.25 Å². The van der Waals surface area contributed by atoms with Gasteiger partial charge in [0.05, 0.1) is 12.2 Å². The summed E-state index contributed by atoms with van der Waals surface area (Å²) < 4.78 is 42.8. The van der Waals surface area contributed by atoms with Gasteiger partial charge in [-0.15, -0.1) is 0 Å². The van der Waals surface area contributed by atoms with E-state index in [1.807, 2.05) is 0 Å². The first-order valence-corrected chi connectivity index (χ1v) is 9.90. The lowest BCUT2D eigenvalue weighted by Crippen LogP contribution is -2.41. The molecule has 1 fully saturated rings. The van der Waals surface area contributed by atoms with E-state index in [1.54, 1.807) is 11.8 Å². The smallest absolute Gasteiger partial charge is 0.341 e. The minimum atomic E-state index is -4.55. The van der Waals surface area contributed by atoms with Crippen LogP contribution in [0.25, 0.3) is 0 Å². The zero-order valence-corrected chi connectivity index (χ0v) is 16.2. The molecule has 2 aliphatic heterocycles. The monoisotopic (exact) mass is 412 g/mol. The number of hydrogen-bond donors (Lipinski definition) is 0. The van der Waals surface area contributed by atoms with Crippen LogP contribution in [0.5, 0.6) is 0 Å². The Morgan fingerprint density at radius 1 is 1.17 bits per heavy atom. The number of aromatic nitrogens is 5. The predicted octanol–water partition coefficient (Wildman–Crippen LogP) is 1.83. The van der Waals surface area contributed by atoms with Gasteiger partial charge in [0.25, 0.3) is 0 Å². The average molecular weight is 412 g/mol. The highest BCUT2D eigenvalue weighted by molar-refractivity contribution is 5.80. The van der Waals surface area contributed by atoms with Gasteiger partial charge in [0.2, 0.25) is 5.91 Å². The van der Waals surface area contributed by atoms with E-state index in [4.69, 9.17) is 0 Å². The van der Waals surface area contributed by atoms with Gasteiger partial charge in [0.1, 0.15) is 11.9 Å². The third-order valence-corrected chi connectivity index (χ3v) is 5.60. The molecular weight excluding hydrogens is 389 g/mol. The molecule has 0 bridgehead atoms. The number of likely N-dealkylation sites (tertiary alicyclic amines) is 1. The predicted molar refractivity (Wildman–Crippen MR) is 96.3 cm³/mol. The van der Waals surface area contributed by atoms with Crippen LogP contribution in [-0.2, 0) is 30.5 Å². The Balaban J connectivity index is 1.65. The number of carbonyl (C=O) groups is 1. The summed E-state index contributed by atoms with van der Waals surface area (Å²) in [6.07, 6.45) is -0.761. The fourth-order valence-corrected chi connectivity index (χ4v) is 4.17. The molecule has 29 heavy (non-hydrogen) atoms. The van der Waals surface area contributed by atoms with Gasteiger partial charge < -0.3 is 4.90 Å². The Labute approximate surface area is 164 Å². The van der Waals surface area contributed by atoms with Crippen molar-refractivity contribution < 1.29 is 18.0 Å². The van der Waals surface area contributed by atoms with Gasteiger partial charge in [-0.25, -0.2) is 9.48 Å². The molecule has 1 unspecified atom stereocenters. The van der Waals surface area contributed by atoms with Gasteiger partial charge in [0.15, 0.2) is 5.69 Å². The zero-order chi connectivity index (χ0) is 20.8. The lowest BCUT2D eigenvalue weighted by Gasteiger charge is -2.27. The van der Waals surface area contributed by atoms with Crippen molar-refractivity contribution >= 4 is 5.91 Å². The summed E-state index contributed by atoms with van der Waals surface area (Å²) in [6.45, 7) is 3.19. The van der Waals surface area contributed by atoms with E-state index in [0.717, 1.165) is 30.0 Å². The minimum absolute atomic E-state index is 0.0666. The van der Waals surface area contributed by atoms with Crippen molar-refractivity contribution in [3.63, 3.8) is 0 Å². The van der Waals surface area contributed by atoms with Crippen molar-refractivity contribution in [1.29, 1.82) is 0 Å². The molecule has 2 aliphatic rings. The number of hydrogen-bond acceptors (Lipinski definition) is 4. The largest absolute Gasteiger partial charge is 0.435 e. The molecular formula is C18H23F3N6O2. The minimum Gasteiger partial charge on any atom is -0.341 e. The van der Waals surface area contributed by atoms with Gasteiger partial charge in [0, 0.05) is 26.1 Å². The first-order valence-electron chi connectivity index (χ1n) is 9.90. The molecule has 1 amide bonds. The fraction of sp³-hybridized carbons (Fsp3) is 0.667. The van der Waals surface area contributed by atoms with Gasteiger partial charge in [-0.1, -0.05) is 0 Å². The summed E-state index contributed by atoms with van der Waals surface area (Å²) in [5.41, 5.74) is -1.21. The summed E-state index contributed by atoms with van der Waals surface area (Å²) in [5, 5.41) is 7.91. The maximum atomic E-state index is 13.0. The molecule has 2 aromatic heterocycles. The molecule has 11 heteroatoms. The zero-order valence-electron chi connectivity index (χ0n) is 16.2. The van der Waals surface area contributed by atoms with Crippen LogP contribution in [0.3, 0.4) is 0 Å². The first kappa shape index (κ1) is 19.7. The summed E-state index contributed by atoms with van der Waals surface area (Å²) >= 11 is 0. The maximum absolute atomic E-state index is 13.0. The average Bonchev–Trinajstić information content (AvgIpc) is 3.41. The van der Waals surface area contributed by atoms with Crippen molar-refractivity contribution in [3.05, 3.63) is 33.8 Å². The Morgan fingerprint density at radius 2 is 1.90 bits per heavy atom. The van der Waals surface area contributed by atoms with E-state index in [-0.39, 0.29) is 24.7 Å². The van der Waals surface area contributed by atoms with Crippen molar-refractivity contribution in [2.75, 3.05) is 13.1 Å². The van der Waals surface area contributed by atoms with Gasteiger partial charge >= 0.3 is 11.9 Å². The van der Waals surface area contributed by atoms with Crippen LogP contribution in [0, 0.1) is 0 Å². The standard InChI is InChI=1S/C18H23F3N6O2/c1-2-25-12(10-14(22-25)18(19,20)21)11-26-17(29)27-13(6-5-7-15(27)23-26)16(28)24-8-3-4-9-24/h10,13H,2-9,11H2,1H3. The van der Waals surface area contributed by atoms with Crippen LogP contribution in [0.4, 0.5) is 13.2 Å². The Morgan fingerprint density at radius 3 is 2.55 bits per heavy atom. The van der Waals surface area contributed by atoms with E-state index in [0.29, 0.717) is 31.8 Å². The van der Waals surface area contributed by atoms with E-state index < -0.39 is 23.6 Å². The van der Waals surface area contributed by atoms with Gasteiger partial charge in [-0.3, -0.25) is 14.0 Å². The van der Waals surface area contributed by atoms with Crippen molar-refractivity contribution in [2.45, 2.75) is 64.3 Å². The molecule has 8 nitrogen and oxygen atoms in total. The second kappa shape index (κ2) is 7.34.